The maximum atomic E-state index is 10.4. The molecule has 0 saturated heterocycles. The number of unbranched alkanes of at least 4 members (excludes halogenated alkanes) is 7. The lowest BCUT2D eigenvalue weighted by molar-refractivity contribution is 0.110. The lowest BCUT2D eigenvalue weighted by atomic mass is 10.1. The van der Waals surface area contributed by atoms with Gasteiger partial charge in [-0.15, -0.1) is 0 Å². The van der Waals surface area contributed by atoms with Gasteiger partial charge in [-0.1, -0.05) is 51.9 Å². The molecular weight excluding hydrogens is 202 g/mol. The van der Waals surface area contributed by atoms with Crippen LogP contribution >= 0.6 is 0 Å². The largest absolute Gasteiger partial charge is 0.447 e. The molecule has 0 fully saturated rings. The Labute approximate surface area is 99.7 Å². The quantitative estimate of drug-likeness (QED) is 0.576. The molecule has 3 heteroatoms. The molecule has 1 unspecified atom stereocenters. The molecule has 0 radical (unpaired) electrons. The van der Waals surface area contributed by atoms with Gasteiger partial charge in [0, 0.05) is 0 Å². The first-order valence-electron chi connectivity index (χ1n) is 6.63. The molecule has 0 saturated carbocycles. The number of carbonyl (C=O) groups excluding carboxylic acids is 1. The van der Waals surface area contributed by atoms with Crippen LogP contribution in [0.5, 0.6) is 0 Å². The standard InChI is InChI=1S/C13H27NO2/c1-3-4-5-6-7-8-9-10-11-12(2)16-13(14)15/h12H,3-11H2,1-2H3,(H2,14,15). The number of nitrogens with two attached hydrogens (primary N) is 1. The number of rotatable bonds is 10. The zero-order valence-corrected chi connectivity index (χ0v) is 10.8. The Morgan fingerprint density at radius 2 is 1.56 bits per heavy atom. The predicted octanol–water partition coefficient (Wildman–Crippen LogP) is 4.00. The molecule has 1 atom stereocenters. The van der Waals surface area contributed by atoms with E-state index in [4.69, 9.17) is 10.5 Å². The van der Waals surface area contributed by atoms with Crippen LogP contribution in [0.25, 0.3) is 0 Å². The molecule has 16 heavy (non-hydrogen) atoms. The van der Waals surface area contributed by atoms with Crippen LogP contribution < -0.4 is 5.73 Å². The van der Waals surface area contributed by atoms with E-state index < -0.39 is 6.09 Å². The Kier molecular flexibility index (Phi) is 10.3. The van der Waals surface area contributed by atoms with Crippen molar-refractivity contribution in [3.8, 4) is 0 Å². The Morgan fingerprint density at radius 3 is 2.06 bits per heavy atom. The van der Waals surface area contributed by atoms with Crippen molar-refractivity contribution in [3.05, 3.63) is 0 Å². The van der Waals surface area contributed by atoms with Crippen LogP contribution in [-0.2, 0) is 4.74 Å². The lowest BCUT2D eigenvalue weighted by Gasteiger charge is -2.10. The van der Waals surface area contributed by atoms with Crippen molar-refractivity contribution in [2.24, 2.45) is 5.73 Å². The van der Waals surface area contributed by atoms with Gasteiger partial charge in [-0.2, -0.15) is 0 Å². The van der Waals surface area contributed by atoms with Gasteiger partial charge >= 0.3 is 6.09 Å². The summed E-state index contributed by atoms with van der Waals surface area (Å²) in [6, 6.07) is 0. The SMILES string of the molecule is CCCCCCCCCCC(C)OC(N)=O. The molecule has 3 nitrogen and oxygen atoms in total. The fourth-order valence-corrected chi connectivity index (χ4v) is 1.82. The van der Waals surface area contributed by atoms with Crippen LogP contribution in [0.4, 0.5) is 4.79 Å². The fourth-order valence-electron chi connectivity index (χ4n) is 1.82. The third-order valence-corrected chi connectivity index (χ3v) is 2.78. The van der Waals surface area contributed by atoms with Gasteiger partial charge in [-0.05, 0) is 19.8 Å². The van der Waals surface area contributed by atoms with E-state index in [2.05, 4.69) is 6.92 Å². The van der Waals surface area contributed by atoms with E-state index in [9.17, 15) is 4.79 Å². The molecule has 96 valence electrons. The lowest BCUT2D eigenvalue weighted by Crippen LogP contribution is -2.20. The van der Waals surface area contributed by atoms with Crippen LogP contribution in [0.3, 0.4) is 0 Å². The second kappa shape index (κ2) is 10.8. The highest BCUT2D eigenvalue weighted by atomic mass is 16.6. The predicted molar refractivity (Wildman–Crippen MR) is 67.4 cm³/mol. The van der Waals surface area contributed by atoms with E-state index in [0.717, 1.165) is 12.8 Å². The van der Waals surface area contributed by atoms with E-state index in [-0.39, 0.29) is 6.10 Å². The van der Waals surface area contributed by atoms with E-state index in [0.29, 0.717) is 0 Å². The summed E-state index contributed by atoms with van der Waals surface area (Å²) in [5.41, 5.74) is 4.93. The molecule has 0 rings (SSSR count). The van der Waals surface area contributed by atoms with Crippen molar-refractivity contribution >= 4 is 6.09 Å². The maximum absolute atomic E-state index is 10.4. The Morgan fingerprint density at radius 1 is 1.06 bits per heavy atom. The average Bonchev–Trinajstić information content (AvgIpc) is 2.21. The van der Waals surface area contributed by atoms with Crippen molar-refractivity contribution in [3.63, 3.8) is 0 Å². The summed E-state index contributed by atoms with van der Waals surface area (Å²) in [5.74, 6) is 0. The van der Waals surface area contributed by atoms with Crippen LogP contribution in [-0.4, -0.2) is 12.2 Å². The summed E-state index contributed by atoms with van der Waals surface area (Å²) in [6.07, 6.45) is 10.6. The van der Waals surface area contributed by atoms with Gasteiger partial charge in [0.25, 0.3) is 0 Å². The van der Waals surface area contributed by atoms with Crippen LogP contribution in [0.2, 0.25) is 0 Å². The van der Waals surface area contributed by atoms with Gasteiger partial charge in [0.1, 0.15) is 6.10 Å². The summed E-state index contributed by atoms with van der Waals surface area (Å²) in [4.78, 5) is 10.4. The van der Waals surface area contributed by atoms with E-state index in [1.807, 2.05) is 6.92 Å². The molecule has 1 amide bonds. The molecule has 0 aromatic carbocycles. The third-order valence-electron chi connectivity index (χ3n) is 2.78. The van der Waals surface area contributed by atoms with Crippen LogP contribution in [0.15, 0.2) is 0 Å². The topological polar surface area (TPSA) is 52.3 Å². The first-order valence-corrected chi connectivity index (χ1v) is 6.63. The molecule has 0 aliphatic carbocycles. The highest BCUT2D eigenvalue weighted by Crippen LogP contribution is 2.11. The summed E-state index contributed by atoms with van der Waals surface area (Å²) in [7, 11) is 0. The highest BCUT2D eigenvalue weighted by Gasteiger charge is 2.04. The first kappa shape index (κ1) is 15.3. The van der Waals surface area contributed by atoms with Gasteiger partial charge in [-0.25, -0.2) is 4.79 Å². The van der Waals surface area contributed by atoms with Gasteiger partial charge in [0.15, 0.2) is 0 Å². The fraction of sp³-hybridized carbons (Fsp3) is 0.923. The minimum Gasteiger partial charge on any atom is -0.447 e. The van der Waals surface area contributed by atoms with Crippen LogP contribution in [0.1, 0.15) is 71.6 Å². The Bertz CT molecular complexity index is 171. The van der Waals surface area contributed by atoms with Crippen molar-refractivity contribution in [2.75, 3.05) is 0 Å². The van der Waals surface area contributed by atoms with Crippen molar-refractivity contribution < 1.29 is 9.53 Å². The van der Waals surface area contributed by atoms with Crippen molar-refractivity contribution in [1.82, 2.24) is 0 Å². The minimum absolute atomic E-state index is 0.0300. The van der Waals surface area contributed by atoms with E-state index in [1.54, 1.807) is 0 Å². The number of hydrogen-bond donors (Lipinski definition) is 1. The zero-order chi connectivity index (χ0) is 12.2. The third kappa shape index (κ3) is 11.3. The second-order valence-corrected chi connectivity index (χ2v) is 4.51. The van der Waals surface area contributed by atoms with Gasteiger partial charge in [0.05, 0.1) is 0 Å². The van der Waals surface area contributed by atoms with Crippen molar-refractivity contribution in [2.45, 2.75) is 77.7 Å². The molecule has 0 bridgehead atoms. The smallest absolute Gasteiger partial charge is 0.404 e. The number of primary amides is 1. The molecule has 0 aromatic rings. The molecular formula is C13H27NO2. The molecule has 0 spiro atoms. The number of carbonyl (C=O) groups is 1. The summed E-state index contributed by atoms with van der Waals surface area (Å²) < 4.78 is 4.85. The minimum atomic E-state index is -0.660. The summed E-state index contributed by atoms with van der Waals surface area (Å²) >= 11 is 0. The van der Waals surface area contributed by atoms with Gasteiger partial charge in [-0.3, -0.25) is 0 Å². The molecule has 0 aliphatic rings. The normalized spacial score (nSPS) is 12.4. The van der Waals surface area contributed by atoms with Gasteiger partial charge < -0.3 is 10.5 Å². The summed E-state index contributed by atoms with van der Waals surface area (Å²) in [6.45, 7) is 4.13. The molecule has 0 heterocycles. The number of ether oxygens (including phenoxy) is 1. The van der Waals surface area contributed by atoms with E-state index in [1.165, 1.54) is 44.9 Å². The van der Waals surface area contributed by atoms with E-state index >= 15 is 0 Å². The van der Waals surface area contributed by atoms with Crippen LogP contribution in [0, 0.1) is 0 Å². The Balaban J connectivity index is 3.11. The molecule has 0 aliphatic heterocycles. The number of amides is 1. The Hall–Kier alpha value is -0.730. The second-order valence-electron chi connectivity index (χ2n) is 4.51. The van der Waals surface area contributed by atoms with Gasteiger partial charge in [0.2, 0.25) is 0 Å². The number of hydrogen-bond acceptors (Lipinski definition) is 2. The summed E-state index contributed by atoms with van der Waals surface area (Å²) in [5, 5.41) is 0. The van der Waals surface area contributed by atoms with Crippen molar-refractivity contribution in [1.29, 1.82) is 0 Å². The molecule has 2 N–H and O–H groups in total. The zero-order valence-electron chi connectivity index (χ0n) is 10.8. The molecule has 0 aromatic heterocycles. The maximum Gasteiger partial charge on any atom is 0.404 e. The first-order chi connectivity index (χ1) is 7.66. The highest BCUT2D eigenvalue weighted by molar-refractivity contribution is 5.64. The monoisotopic (exact) mass is 229 g/mol. The average molecular weight is 229 g/mol.